The lowest BCUT2D eigenvalue weighted by atomic mass is 9.58. The molecule has 3 saturated carbocycles. The molecule has 3 aliphatic carbocycles. The first-order valence-electron chi connectivity index (χ1n) is 8.64. The van der Waals surface area contributed by atoms with Gasteiger partial charge in [-0.2, -0.15) is 0 Å². The van der Waals surface area contributed by atoms with E-state index in [4.69, 9.17) is 13.3 Å². The zero-order valence-corrected chi connectivity index (χ0v) is 15.7. The number of aliphatic carboxylic acids is 1. The van der Waals surface area contributed by atoms with Gasteiger partial charge in [0, 0.05) is 33.9 Å². The summed E-state index contributed by atoms with van der Waals surface area (Å²) in [6, 6.07) is 0.607. The first-order valence-corrected chi connectivity index (χ1v) is 10.6. The van der Waals surface area contributed by atoms with Crippen molar-refractivity contribution in [3.8, 4) is 0 Å². The number of carbonyl (C=O) groups is 2. The molecule has 7 nitrogen and oxygen atoms in total. The van der Waals surface area contributed by atoms with Crippen molar-refractivity contribution < 1.29 is 28.0 Å². The van der Waals surface area contributed by atoms with Crippen molar-refractivity contribution in [1.82, 2.24) is 5.32 Å². The Labute approximate surface area is 144 Å². The first-order chi connectivity index (χ1) is 11.5. The Bertz CT molecular complexity index is 440. The van der Waals surface area contributed by atoms with Crippen molar-refractivity contribution in [3.05, 3.63) is 0 Å². The summed E-state index contributed by atoms with van der Waals surface area (Å²) >= 11 is 0. The number of rotatable bonds is 9. The van der Waals surface area contributed by atoms with E-state index in [0.717, 1.165) is 25.7 Å². The summed E-state index contributed by atoms with van der Waals surface area (Å²) in [6.07, 6.45) is 4.50. The monoisotopic (exact) mass is 359 g/mol. The van der Waals surface area contributed by atoms with Gasteiger partial charge >= 0.3 is 14.8 Å². The highest BCUT2D eigenvalue weighted by atomic mass is 28.4. The van der Waals surface area contributed by atoms with Gasteiger partial charge in [0.25, 0.3) is 0 Å². The van der Waals surface area contributed by atoms with E-state index >= 15 is 0 Å². The number of nitrogens with one attached hydrogen (secondary N) is 1. The zero-order valence-electron chi connectivity index (χ0n) is 14.7. The van der Waals surface area contributed by atoms with E-state index in [2.05, 4.69) is 5.32 Å². The highest BCUT2D eigenvalue weighted by Crippen LogP contribution is 2.49. The van der Waals surface area contributed by atoms with Crippen LogP contribution in [0, 0.1) is 23.7 Å². The van der Waals surface area contributed by atoms with E-state index in [9.17, 15) is 14.7 Å². The van der Waals surface area contributed by atoms with Crippen LogP contribution in [0.4, 0.5) is 0 Å². The molecule has 0 aromatic carbocycles. The van der Waals surface area contributed by atoms with Gasteiger partial charge in [-0.05, 0) is 43.9 Å². The molecule has 2 bridgehead atoms. The molecule has 2 atom stereocenters. The molecule has 0 aromatic heterocycles. The standard InChI is InChI=1S/C16H29NO6Si/c1-21-24(22-2,23-3)10-4-9-17-15(18)13-11-5-7-12(8-6-11)14(13)16(19)20/h11-14H,4-10H2,1-3H3,(H,17,18)(H,19,20). The predicted octanol–water partition coefficient (Wildman–Crippen LogP) is 1.51. The van der Waals surface area contributed by atoms with Crippen molar-refractivity contribution in [2.45, 2.75) is 38.1 Å². The molecule has 3 rings (SSSR count). The van der Waals surface area contributed by atoms with Crippen LogP contribution in [-0.4, -0.2) is 53.7 Å². The third-order valence-corrected chi connectivity index (χ3v) is 8.53. The number of carboxylic acids is 1. The summed E-state index contributed by atoms with van der Waals surface area (Å²) in [5.41, 5.74) is 0. The van der Waals surface area contributed by atoms with Gasteiger partial charge in [0.1, 0.15) is 0 Å². The third-order valence-electron chi connectivity index (χ3n) is 5.70. The van der Waals surface area contributed by atoms with E-state index in [1.165, 1.54) is 0 Å². The van der Waals surface area contributed by atoms with Gasteiger partial charge in [0.05, 0.1) is 11.8 Å². The lowest BCUT2D eigenvalue weighted by Crippen LogP contribution is -2.51. The van der Waals surface area contributed by atoms with E-state index in [-0.39, 0.29) is 23.7 Å². The van der Waals surface area contributed by atoms with Crippen LogP contribution < -0.4 is 5.32 Å². The highest BCUT2D eigenvalue weighted by Gasteiger charge is 2.50. The van der Waals surface area contributed by atoms with Crippen LogP contribution in [0.1, 0.15) is 32.1 Å². The minimum atomic E-state index is -2.62. The molecule has 0 spiro atoms. The molecular weight excluding hydrogens is 330 g/mol. The molecule has 0 saturated heterocycles. The second-order valence-corrected chi connectivity index (χ2v) is 9.85. The van der Waals surface area contributed by atoms with Gasteiger partial charge in [0.15, 0.2) is 0 Å². The molecule has 8 heteroatoms. The topological polar surface area (TPSA) is 94.1 Å². The summed E-state index contributed by atoms with van der Waals surface area (Å²) in [4.78, 5) is 24.2. The minimum absolute atomic E-state index is 0.115. The van der Waals surface area contributed by atoms with Gasteiger partial charge in [-0.1, -0.05) is 0 Å². The van der Waals surface area contributed by atoms with Crippen molar-refractivity contribution in [3.63, 3.8) is 0 Å². The zero-order chi connectivity index (χ0) is 17.7. The van der Waals surface area contributed by atoms with Crippen LogP contribution >= 0.6 is 0 Å². The molecular formula is C16H29NO6Si. The molecule has 24 heavy (non-hydrogen) atoms. The van der Waals surface area contributed by atoms with Crippen LogP contribution in [0.25, 0.3) is 0 Å². The molecule has 3 aliphatic rings. The molecule has 1 amide bonds. The summed E-state index contributed by atoms with van der Waals surface area (Å²) in [6.45, 7) is 0.476. The molecule has 0 radical (unpaired) electrons. The lowest BCUT2D eigenvalue weighted by Gasteiger charge is -2.45. The van der Waals surface area contributed by atoms with E-state index in [1.54, 1.807) is 21.3 Å². The fourth-order valence-electron chi connectivity index (χ4n) is 4.37. The molecule has 2 N–H and O–H groups in total. The second-order valence-electron chi connectivity index (χ2n) is 6.75. The molecule has 3 fully saturated rings. The third kappa shape index (κ3) is 3.99. The second kappa shape index (κ2) is 8.42. The Kier molecular flexibility index (Phi) is 6.79. The number of fused-ring (bicyclic) bond motifs is 3. The van der Waals surface area contributed by atoms with Crippen LogP contribution in [0.15, 0.2) is 0 Å². The molecule has 0 heterocycles. The number of amides is 1. The van der Waals surface area contributed by atoms with Crippen LogP contribution in [0.3, 0.4) is 0 Å². The average Bonchev–Trinajstić information content (AvgIpc) is 2.62. The minimum Gasteiger partial charge on any atom is -0.481 e. The highest BCUT2D eigenvalue weighted by molar-refractivity contribution is 6.60. The molecule has 0 aromatic rings. The Balaban J connectivity index is 1.86. The number of carbonyl (C=O) groups excluding carboxylic acids is 1. The molecule has 0 aliphatic heterocycles. The average molecular weight is 359 g/mol. The predicted molar refractivity (Wildman–Crippen MR) is 89.3 cm³/mol. The van der Waals surface area contributed by atoms with Gasteiger partial charge in [-0.25, -0.2) is 0 Å². The quantitative estimate of drug-likeness (QED) is 0.479. The molecule has 138 valence electrons. The van der Waals surface area contributed by atoms with Gasteiger partial charge in [-0.15, -0.1) is 0 Å². The van der Waals surface area contributed by atoms with Gasteiger partial charge < -0.3 is 23.7 Å². The SMILES string of the molecule is CO[Si](CCCNC(=O)C1C2CCC(CC2)C1C(=O)O)(OC)OC. The molecule has 2 unspecified atom stereocenters. The fraction of sp³-hybridized carbons (Fsp3) is 0.875. The smallest absolute Gasteiger partial charge is 0.481 e. The summed E-state index contributed by atoms with van der Waals surface area (Å²) < 4.78 is 16.1. The maximum Gasteiger partial charge on any atom is 0.500 e. The van der Waals surface area contributed by atoms with Crippen molar-refractivity contribution in [1.29, 1.82) is 0 Å². The van der Waals surface area contributed by atoms with Crippen molar-refractivity contribution in [2.75, 3.05) is 27.9 Å². The maximum atomic E-state index is 12.6. The van der Waals surface area contributed by atoms with Crippen LogP contribution in [0.2, 0.25) is 6.04 Å². The Morgan fingerprint density at radius 3 is 1.96 bits per heavy atom. The van der Waals surface area contributed by atoms with Crippen molar-refractivity contribution >= 4 is 20.7 Å². The van der Waals surface area contributed by atoms with Gasteiger partial charge in [-0.3, -0.25) is 9.59 Å². The summed E-state index contributed by atoms with van der Waals surface area (Å²) in [5, 5.41) is 12.4. The first kappa shape index (κ1) is 19.4. The summed E-state index contributed by atoms with van der Waals surface area (Å²) in [5.74, 6) is -1.49. The lowest BCUT2D eigenvalue weighted by molar-refractivity contribution is -0.158. The maximum absolute atomic E-state index is 12.6. The fourth-order valence-corrected chi connectivity index (χ4v) is 6.09. The Morgan fingerprint density at radius 1 is 1.00 bits per heavy atom. The number of carboxylic acid groups (broad SMARTS) is 1. The summed E-state index contributed by atoms with van der Waals surface area (Å²) in [7, 11) is 2.07. The number of hydrogen-bond donors (Lipinski definition) is 2. The van der Waals surface area contributed by atoms with Gasteiger partial charge in [0.2, 0.25) is 5.91 Å². The number of hydrogen-bond acceptors (Lipinski definition) is 5. The Hall–Kier alpha value is -0.963. The Morgan fingerprint density at radius 2 is 1.50 bits per heavy atom. The van der Waals surface area contributed by atoms with E-state index in [1.807, 2.05) is 0 Å². The largest absolute Gasteiger partial charge is 0.500 e. The van der Waals surface area contributed by atoms with Crippen LogP contribution in [0.5, 0.6) is 0 Å². The van der Waals surface area contributed by atoms with E-state index in [0.29, 0.717) is 19.0 Å². The van der Waals surface area contributed by atoms with Crippen molar-refractivity contribution in [2.24, 2.45) is 23.7 Å². The van der Waals surface area contributed by atoms with Crippen LogP contribution in [-0.2, 0) is 22.9 Å². The normalized spacial score (nSPS) is 29.5. The van der Waals surface area contributed by atoms with E-state index < -0.39 is 20.7 Å².